The van der Waals surface area contributed by atoms with Crippen LogP contribution < -0.4 is 20.3 Å². The predicted octanol–water partition coefficient (Wildman–Crippen LogP) is 9.62. The molecule has 0 radical (unpaired) electrons. The Hall–Kier alpha value is -6.20. The lowest BCUT2D eigenvalue weighted by Crippen LogP contribution is -2.53. The Labute approximate surface area is 270 Å². The summed E-state index contributed by atoms with van der Waals surface area (Å²) in [6.07, 6.45) is 0. The first-order valence-electron chi connectivity index (χ1n) is 15.9. The monoisotopic (exact) mass is 601 g/mol. The summed E-state index contributed by atoms with van der Waals surface area (Å²) in [6.45, 7) is -0.280. The van der Waals surface area contributed by atoms with Crippen molar-refractivity contribution in [3.63, 3.8) is 0 Å². The highest BCUT2D eigenvalue weighted by Gasteiger charge is 2.40. The molecule has 0 unspecified atom stereocenters. The van der Waals surface area contributed by atoms with Crippen molar-refractivity contribution < 1.29 is 13.8 Å². The first-order valence-corrected chi connectivity index (χ1v) is 15.9. The largest absolute Gasteiger partial charge is 0.551 e. The lowest BCUT2D eigenvalue weighted by molar-refractivity contribution is 0.479. The molecule has 218 valence electrons. The average Bonchev–Trinajstić information content (AvgIpc) is 3.67. The molecular weight excluding hydrogens is 577 g/mol. The van der Waals surface area contributed by atoms with E-state index in [0.29, 0.717) is 0 Å². The minimum atomic E-state index is -0.280. The Kier molecular flexibility index (Phi) is 4.89. The summed E-state index contributed by atoms with van der Waals surface area (Å²) in [5, 5.41) is 4.73. The van der Waals surface area contributed by atoms with Gasteiger partial charge in [-0.3, -0.25) is 0 Å². The van der Waals surface area contributed by atoms with Crippen molar-refractivity contribution in [2.75, 3.05) is 0 Å². The zero-order valence-electron chi connectivity index (χ0n) is 25.1. The third kappa shape index (κ3) is 3.48. The number of furan rings is 1. The smallest absolute Gasteiger partial charge is 0.434 e. The second kappa shape index (κ2) is 9.18. The van der Waals surface area contributed by atoms with Gasteiger partial charge in [-0.05, 0) is 65.2 Å². The van der Waals surface area contributed by atoms with Crippen molar-refractivity contribution in [1.29, 1.82) is 0 Å². The maximum absolute atomic E-state index is 6.92. The molecule has 5 heteroatoms. The van der Waals surface area contributed by atoms with Crippen LogP contribution in [0.25, 0.3) is 71.7 Å². The van der Waals surface area contributed by atoms with Gasteiger partial charge in [0.05, 0.1) is 11.0 Å². The molecule has 2 aliphatic heterocycles. The number of hydrogen-bond donors (Lipinski definition) is 0. The van der Waals surface area contributed by atoms with Gasteiger partial charge >= 0.3 is 6.92 Å². The van der Waals surface area contributed by atoms with Gasteiger partial charge in [0, 0.05) is 49.8 Å². The Balaban J connectivity index is 1.03. The Bertz CT molecular complexity index is 2720. The molecule has 0 fully saturated rings. The maximum Gasteiger partial charge on any atom is 0.434 e. The normalized spacial score (nSPS) is 13.0. The van der Waals surface area contributed by atoms with Gasteiger partial charge in [-0.1, -0.05) is 91.0 Å². The van der Waals surface area contributed by atoms with E-state index in [1.165, 1.54) is 21.8 Å². The topological polar surface area (TPSA) is 36.5 Å². The van der Waals surface area contributed by atoms with Gasteiger partial charge in [-0.2, -0.15) is 0 Å². The van der Waals surface area contributed by atoms with E-state index in [2.05, 4.69) is 132 Å². The van der Waals surface area contributed by atoms with Crippen LogP contribution in [0.5, 0.6) is 17.2 Å². The first kappa shape index (κ1) is 25.0. The van der Waals surface area contributed by atoms with Gasteiger partial charge in [0.15, 0.2) is 0 Å². The van der Waals surface area contributed by atoms with Crippen molar-refractivity contribution in [3.05, 3.63) is 146 Å². The molecular formula is C42H24BNO3. The Morgan fingerprint density at radius 2 is 1.19 bits per heavy atom. The Morgan fingerprint density at radius 3 is 2.04 bits per heavy atom. The molecule has 0 saturated carbocycles. The lowest BCUT2D eigenvalue weighted by Gasteiger charge is -2.33. The summed E-state index contributed by atoms with van der Waals surface area (Å²) in [5.74, 6) is 2.51. The molecule has 4 heterocycles. The predicted molar refractivity (Wildman–Crippen MR) is 191 cm³/mol. The summed E-state index contributed by atoms with van der Waals surface area (Å²) >= 11 is 0. The van der Waals surface area contributed by atoms with Gasteiger partial charge in [-0.15, -0.1) is 0 Å². The van der Waals surface area contributed by atoms with Gasteiger partial charge in [0.2, 0.25) is 0 Å². The highest BCUT2D eigenvalue weighted by molar-refractivity contribution is 6.84. The van der Waals surface area contributed by atoms with Crippen LogP contribution in [0.2, 0.25) is 0 Å². The molecule has 47 heavy (non-hydrogen) atoms. The standard InChI is InChI=1S/C42H24BNO3/c1-4-12-35-28(8-1)29-9-2-5-13-36(29)44(35)27-18-21-34-41(24-27)46-38-15-7-11-33-32-20-17-26(23-40(32)47-43(34)42(33)38)25-16-19-31-30-10-3-6-14-37(30)45-39(31)22-25/h1-24H. The van der Waals surface area contributed by atoms with Crippen LogP contribution >= 0.6 is 0 Å². The van der Waals surface area contributed by atoms with E-state index in [1.807, 2.05) is 18.2 Å². The van der Waals surface area contributed by atoms with Gasteiger partial charge in [0.25, 0.3) is 0 Å². The summed E-state index contributed by atoms with van der Waals surface area (Å²) in [5.41, 5.74) is 11.7. The van der Waals surface area contributed by atoms with E-state index < -0.39 is 0 Å². The van der Waals surface area contributed by atoms with Crippen LogP contribution in [0.15, 0.2) is 150 Å². The highest BCUT2D eigenvalue weighted by atomic mass is 16.5. The SMILES string of the molecule is c1cc2c3c(c1)-c1ccc(-c4ccc5c(c4)oc4ccccc45)cc1OB3c1ccc(-n3c4ccccc4c4ccccc43)cc1O2. The van der Waals surface area contributed by atoms with Crippen LogP contribution in [0.3, 0.4) is 0 Å². The molecule has 0 spiro atoms. The van der Waals surface area contributed by atoms with Gasteiger partial charge in [0.1, 0.15) is 28.4 Å². The van der Waals surface area contributed by atoms with Crippen LogP contribution in [0.4, 0.5) is 0 Å². The van der Waals surface area contributed by atoms with Crippen molar-refractivity contribution in [1.82, 2.24) is 4.57 Å². The molecule has 11 rings (SSSR count). The van der Waals surface area contributed by atoms with Crippen molar-refractivity contribution in [2.24, 2.45) is 0 Å². The molecule has 7 aromatic carbocycles. The van der Waals surface area contributed by atoms with Crippen molar-refractivity contribution in [2.45, 2.75) is 0 Å². The second-order valence-corrected chi connectivity index (χ2v) is 12.4. The van der Waals surface area contributed by atoms with Crippen LogP contribution in [0.1, 0.15) is 0 Å². The lowest BCUT2D eigenvalue weighted by atomic mass is 9.51. The average molecular weight is 601 g/mol. The Morgan fingerprint density at radius 1 is 0.468 bits per heavy atom. The zero-order valence-corrected chi connectivity index (χ0v) is 25.1. The number of para-hydroxylation sites is 3. The number of hydrogen-bond acceptors (Lipinski definition) is 3. The van der Waals surface area contributed by atoms with E-state index in [4.69, 9.17) is 13.8 Å². The van der Waals surface area contributed by atoms with E-state index in [0.717, 1.165) is 78.1 Å². The van der Waals surface area contributed by atoms with E-state index in [1.54, 1.807) is 0 Å². The van der Waals surface area contributed by atoms with E-state index >= 15 is 0 Å². The van der Waals surface area contributed by atoms with Crippen molar-refractivity contribution >= 4 is 61.6 Å². The fraction of sp³-hybridized carbons (Fsp3) is 0. The molecule has 0 amide bonds. The summed E-state index contributed by atoms with van der Waals surface area (Å²) in [7, 11) is 0. The fourth-order valence-corrected chi connectivity index (χ4v) is 7.76. The van der Waals surface area contributed by atoms with Crippen LogP contribution in [0, 0.1) is 0 Å². The molecule has 0 N–H and O–H groups in total. The number of rotatable bonds is 2. The summed E-state index contributed by atoms with van der Waals surface area (Å²) in [6, 6.07) is 51.1. The number of fused-ring (bicyclic) bond motifs is 10. The zero-order chi connectivity index (χ0) is 30.6. The third-order valence-electron chi connectivity index (χ3n) is 9.89. The van der Waals surface area contributed by atoms with Crippen molar-refractivity contribution in [3.8, 4) is 45.2 Å². The maximum atomic E-state index is 6.92. The summed E-state index contributed by atoms with van der Waals surface area (Å²) in [4.78, 5) is 0. The number of aromatic nitrogens is 1. The van der Waals surface area contributed by atoms with Gasteiger partial charge in [-0.25, -0.2) is 0 Å². The third-order valence-corrected chi connectivity index (χ3v) is 9.89. The molecule has 9 aromatic rings. The van der Waals surface area contributed by atoms with Crippen LogP contribution in [-0.4, -0.2) is 11.5 Å². The molecule has 2 aliphatic rings. The first-order chi connectivity index (χ1) is 23.3. The summed E-state index contributed by atoms with van der Waals surface area (Å²) < 4.78 is 22.1. The quantitative estimate of drug-likeness (QED) is 0.185. The number of benzene rings is 7. The molecule has 2 aromatic heterocycles. The van der Waals surface area contributed by atoms with Crippen LogP contribution in [-0.2, 0) is 0 Å². The van der Waals surface area contributed by atoms with Gasteiger partial charge < -0.3 is 18.4 Å². The van der Waals surface area contributed by atoms with E-state index in [9.17, 15) is 0 Å². The molecule has 4 nitrogen and oxygen atoms in total. The molecule has 0 atom stereocenters. The van der Waals surface area contributed by atoms with E-state index in [-0.39, 0.29) is 6.92 Å². The number of nitrogens with zero attached hydrogens (tertiary/aromatic N) is 1. The fourth-order valence-electron chi connectivity index (χ4n) is 7.76. The minimum Gasteiger partial charge on any atom is -0.551 e. The minimum absolute atomic E-state index is 0.280. The highest BCUT2D eigenvalue weighted by Crippen LogP contribution is 2.42. The molecule has 0 aliphatic carbocycles. The molecule has 0 saturated heterocycles. The number of ether oxygens (including phenoxy) is 1. The second-order valence-electron chi connectivity index (χ2n) is 12.4. The molecule has 0 bridgehead atoms.